The summed E-state index contributed by atoms with van der Waals surface area (Å²) in [5.74, 6) is 0.880. The first-order valence-corrected chi connectivity index (χ1v) is 7.68. The maximum Gasteiger partial charge on any atom is 0.142 e. The van der Waals surface area contributed by atoms with Gasteiger partial charge in [0.1, 0.15) is 5.75 Å². The molecule has 20 heavy (non-hydrogen) atoms. The van der Waals surface area contributed by atoms with Crippen LogP contribution in [0.4, 0.5) is 5.69 Å². The molecular formula is C16H17BrClNO. The Morgan fingerprint density at radius 1 is 1.20 bits per heavy atom. The van der Waals surface area contributed by atoms with E-state index in [1.807, 2.05) is 37.3 Å². The van der Waals surface area contributed by atoms with Gasteiger partial charge in [-0.2, -0.15) is 0 Å². The number of benzene rings is 2. The first kappa shape index (κ1) is 15.2. The van der Waals surface area contributed by atoms with E-state index in [-0.39, 0.29) is 0 Å². The maximum absolute atomic E-state index is 6.03. The van der Waals surface area contributed by atoms with E-state index in [9.17, 15) is 0 Å². The summed E-state index contributed by atoms with van der Waals surface area (Å²) in [4.78, 5) is 0. The Hall–Kier alpha value is -1.19. The Kier molecular flexibility index (Phi) is 5.32. The predicted octanol–water partition coefficient (Wildman–Crippen LogP) is 5.42. The van der Waals surface area contributed by atoms with Crippen molar-refractivity contribution in [2.24, 2.45) is 0 Å². The SMILES string of the molecule is CCOc1cc(C)ccc1NCc1cc(Cl)ccc1Br. The van der Waals surface area contributed by atoms with Gasteiger partial charge >= 0.3 is 0 Å². The smallest absolute Gasteiger partial charge is 0.142 e. The van der Waals surface area contributed by atoms with E-state index in [0.29, 0.717) is 13.2 Å². The minimum Gasteiger partial charge on any atom is -0.492 e. The number of nitrogens with one attached hydrogen (secondary N) is 1. The van der Waals surface area contributed by atoms with Gasteiger partial charge in [0.25, 0.3) is 0 Å². The van der Waals surface area contributed by atoms with Gasteiger partial charge in [-0.15, -0.1) is 0 Å². The zero-order valence-electron chi connectivity index (χ0n) is 11.5. The second kappa shape index (κ2) is 7.00. The number of halogens is 2. The average Bonchev–Trinajstić information content (AvgIpc) is 2.42. The number of rotatable bonds is 5. The maximum atomic E-state index is 6.03. The lowest BCUT2D eigenvalue weighted by Gasteiger charge is -2.14. The van der Waals surface area contributed by atoms with Crippen LogP contribution >= 0.6 is 27.5 Å². The Morgan fingerprint density at radius 2 is 2.00 bits per heavy atom. The summed E-state index contributed by atoms with van der Waals surface area (Å²) < 4.78 is 6.70. The molecule has 0 bridgehead atoms. The summed E-state index contributed by atoms with van der Waals surface area (Å²) in [5.41, 5.74) is 3.28. The van der Waals surface area contributed by atoms with Crippen molar-refractivity contribution in [2.45, 2.75) is 20.4 Å². The van der Waals surface area contributed by atoms with Crippen LogP contribution in [0.2, 0.25) is 5.02 Å². The fourth-order valence-electron chi connectivity index (χ4n) is 1.92. The minimum atomic E-state index is 0.652. The van der Waals surface area contributed by atoms with E-state index < -0.39 is 0 Å². The average molecular weight is 355 g/mol. The van der Waals surface area contributed by atoms with Gasteiger partial charge in [-0.25, -0.2) is 0 Å². The molecule has 0 radical (unpaired) electrons. The van der Waals surface area contributed by atoms with Gasteiger partial charge in [0.05, 0.1) is 12.3 Å². The van der Waals surface area contributed by atoms with Crippen LogP contribution in [0.3, 0.4) is 0 Å². The molecule has 2 aromatic carbocycles. The van der Waals surface area contributed by atoms with Crippen LogP contribution in [0.5, 0.6) is 5.75 Å². The predicted molar refractivity (Wildman–Crippen MR) is 88.8 cm³/mol. The zero-order chi connectivity index (χ0) is 14.5. The molecule has 0 aliphatic rings. The summed E-state index contributed by atoms with van der Waals surface area (Å²) in [5, 5.41) is 4.13. The van der Waals surface area contributed by atoms with Crippen LogP contribution in [-0.4, -0.2) is 6.61 Å². The highest BCUT2D eigenvalue weighted by Crippen LogP contribution is 2.28. The molecule has 0 unspecified atom stereocenters. The van der Waals surface area contributed by atoms with E-state index in [1.54, 1.807) is 0 Å². The molecule has 0 aromatic heterocycles. The van der Waals surface area contributed by atoms with Gasteiger partial charge in [0.2, 0.25) is 0 Å². The Balaban J connectivity index is 2.16. The number of ether oxygens (including phenoxy) is 1. The second-order valence-corrected chi connectivity index (χ2v) is 5.81. The molecule has 0 atom stereocenters. The standard InChI is InChI=1S/C16H17BrClNO/c1-3-20-16-8-11(2)4-7-15(16)19-10-12-9-13(18)5-6-14(12)17/h4-9,19H,3,10H2,1-2H3. The van der Waals surface area contributed by atoms with Gasteiger partial charge in [-0.1, -0.05) is 33.6 Å². The van der Waals surface area contributed by atoms with Crippen LogP contribution < -0.4 is 10.1 Å². The lowest BCUT2D eigenvalue weighted by atomic mass is 10.2. The van der Waals surface area contributed by atoms with Gasteiger partial charge in [0.15, 0.2) is 0 Å². The molecule has 0 amide bonds. The fraction of sp³-hybridized carbons (Fsp3) is 0.250. The number of aryl methyl sites for hydroxylation is 1. The van der Waals surface area contributed by atoms with Crippen molar-refractivity contribution in [3.05, 3.63) is 57.0 Å². The monoisotopic (exact) mass is 353 g/mol. The van der Waals surface area contributed by atoms with Crippen molar-refractivity contribution in [2.75, 3.05) is 11.9 Å². The highest BCUT2D eigenvalue weighted by Gasteiger charge is 2.05. The summed E-state index contributed by atoms with van der Waals surface area (Å²) in [6.07, 6.45) is 0. The second-order valence-electron chi connectivity index (χ2n) is 4.52. The first-order valence-electron chi connectivity index (χ1n) is 6.51. The zero-order valence-corrected chi connectivity index (χ0v) is 13.9. The van der Waals surface area contributed by atoms with Crippen LogP contribution in [0, 0.1) is 6.92 Å². The highest BCUT2D eigenvalue weighted by atomic mass is 79.9. The molecule has 2 rings (SSSR count). The van der Waals surface area contributed by atoms with Crippen LogP contribution in [-0.2, 0) is 6.54 Å². The normalized spacial score (nSPS) is 10.4. The summed E-state index contributed by atoms with van der Waals surface area (Å²) in [7, 11) is 0. The Labute approximate surface area is 133 Å². The first-order chi connectivity index (χ1) is 9.60. The molecule has 0 spiro atoms. The third kappa shape index (κ3) is 3.90. The summed E-state index contributed by atoms with van der Waals surface area (Å²) in [6, 6.07) is 11.9. The molecule has 0 heterocycles. The Bertz CT molecular complexity index is 601. The molecule has 1 N–H and O–H groups in total. The van der Waals surface area contributed by atoms with E-state index >= 15 is 0 Å². The van der Waals surface area contributed by atoms with E-state index in [2.05, 4.69) is 34.2 Å². The topological polar surface area (TPSA) is 21.3 Å². The minimum absolute atomic E-state index is 0.652. The van der Waals surface area contributed by atoms with Crippen molar-refractivity contribution in [3.63, 3.8) is 0 Å². The Morgan fingerprint density at radius 3 is 2.75 bits per heavy atom. The van der Waals surface area contributed by atoms with Crippen LogP contribution in [0.25, 0.3) is 0 Å². The van der Waals surface area contributed by atoms with Gasteiger partial charge in [0, 0.05) is 16.0 Å². The van der Waals surface area contributed by atoms with E-state index in [0.717, 1.165) is 26.5 Å². The van der Waals surface area contributed by atoms with E-state index in [1.165, 1.54) is 5.56 Å². The lowest BCUT2D eigenvalue weighted by Crippen LogP contribution is -2.03. The van der Waals surface area contributed by atoms with Crippen molar-refractivity contribution in [1.82, 2.24) is 0 Å². The molecule has 0 saturated heterocycles. The molecule has 0 fully saturated rings. The number of hydrogen-bond donors (Lipinski definition) is 1. The molecule has 4 heteroatoms. The van der Waals surface area contributed by atoms with Crippen LogP contribution in [0.15, 0.2) is 40.9 Å². The number of hydrogen-bond acceptors (Lipinski definition) is 2. The molecular weight excluding hydrogens is 338 g/mol. The third-order valence-corrected chi connectivity index (χ3v) is 3.92. The molecule has 2 nitrogen and oxygen atoms in total. The van der Waals surface area contributed by atoms with Crippen molar-refractivity contribution < 1.29 is 4.74 Å². The highest BCUT2D eigenvalue weighted by molar-refractivity contribution is 9.10. The summed E-state index contributed by atoms with van der Waals surface area (Å²) >= 11 is 9.56. The molecule has 106 valence electrons. The lowest BCUT2D eigenvalue weighted by molar-refractivity contribution is 0.341. The fourth-order valence-corrected chi connectivity index (χ4v) is 2.50. The van der Waals surface area contributed by atoms with Gasteiger partial charge in [-0.05, 0) is 55.3 Å². The van der Waals surface area contributed by atoms with E-state index in [4.69, 9.17) is 16.3 Å². The molecule has 0 aliphatic carbocycles. The van der Waals surface area contributed by atoms with Gasteiger partial charge < -0.3 is 10.1 Å². The molecule has 2 aromatic rings. The van der Waals surface area contributed by atoms with Crippen LogP contribution in [0.1, 0.15) is 18.1 Å². The molecule has 0 saturated carbocycles. The van der Waals surface area contributed by atoms with Crippen molar-refractivity contribution in [3.8, 4) is 5.75 Å². The third-order valence-electron chi connectivity index (χ3n) is 2.91. The van der Waals surface area contributed by atoms with Crippen molar-refractivity contribution in [1.29, 1.82) is 0 Å². The number of anilines is 1. The largest absolute Gasteiger partial charge is 0.492 e. The summed E-state index contributed by atoms with van der Waals surface area (Å²) in [6.45, 7) is 5.38. The van der Waals surface area contributed by atoms with Crippen molar-refractivity contribution >= 4 is 33.2 Å². The molecule has 0 aliphatic heterocycles. The quantitative estimate of drug-likeness (QED) is 0.774. The van der Waals surface area contributed by atoms with Gasteiger partial charge in [-0.3, -0.25) is 0 Å².